The average Bonchev–Trinajstić information content (AvgIpc) is 2.54. The molecule has 1 aromatic rings. The van der Waals surface area contributed by atoms with E-state index in [0.717, 1.165) is 16.5 Å². The highest BCUT2D eigenvalue weighted by Crippen LogP contribution is 2.22. The monoisotopic (exact) mass is 363 g/mol. The van der Waals surface area contributed by atoms with Gasteiger partial charge in [-0.05, 0) is 25.1 Å². The van der Waals surface area contributed by atoms with Gasteiger partial charge in [0.25, 0.3) is 0 Å². The molecule has 0 radical (unpaired) electrons. The topological polar surface area (TPSA) is 46.6 Å². The molecule has 4 nitrogen and oxygen atoms in total. The molecule has 0 aliphatic carbocycles. The van der Waals surface area contributed by atoms with Gasteiger partial charge in [0.2, 0.25) is 0 Å². The summed E-state index contributed by atoms with van der Waals surface area (Å²) in [7, 11) is -2.50. The van der Waals surface area contributed by atoms with E-state index in [1.165, 1.54) is 4.90 Å². The molecular formula is C18H25NO3SSi. The summed E-state index contributed by atoms with van der Waals surface area (Å²) in [6.07, 6.45) is 5.29. The van der Waals surface area contributed by atoms with E-state index >= 15 is 0 Å². The lowest BCUT2D eigenvalue weighted by Crippen LogP contribution is -2.27. The summed E-state index contributed by atoms with van der Waals surface area (Å²) in [4.78, 5) is 15.0. The zero-order chi connectivity index (χ0) is 17.7. The molecule has 0 saturated carbocycles. The van der Waals surface area contributed by atoms with Crippen LogP contribution in [0, 0.1) is 6.92 Å². The number of aryl methyl sites for hydroxylation is 1. The molecular weight excluding hydrogens is 338 g/mol. The van der Waals surface area contributed by atoms with E-state index in [1.54, 1.807) is 12.4 Å². The summed E-state index contributed by atoms with van der Waals surface area (Å²) in [6.45, 7) is 9.15. The predicted octanol–water partition coefficient (Wildman–Crippen LogP) is 4.64. The van der Waals surface area contributed by atoms with E-state index in [1.807, 2.05) is 37.3 Å². The highest BCUT2D eigenvalue weighted by atomic mass is 32.2. The Balaban J connectivity index is 2.01. The molecule has 1 amide bonds. The fraction of sp³-hybridized carbons (Fsp3) is 0.389. The molecule has 0 N–H and O–H groups in total. The maximum absolute atomic E-state index is 12.7. The van der Waals surface area contributed by atoms with Gasteiger partial charge in [-0.1, -0.05) is 43.4 Å². The van der Waals surface area contributed by atoms with Crippen molar-refractivity contribution in [3.63, 3.8) is 0 Å². The zero-order valence-corrected chi connectivity index (χ0v) is 16.6. The molecule has 2 rings (SSSR count). The lowest BCUT2D eigenvalue weighted by atomic mass is 10.2. The molecule has 0 bridgehead atoms. The molecule has 130 valence electrons. The van der Waals surface area contributed by atoms with Crippen LogP contribution in [0.2, 0.25) is 25.7 Å². The minimum atomic E-state index is -1.27. The Morgan fingerprint density at radius 3 is 2.54 bits per heavy atom. The van der Waals surface area contributed by atoms with Crippen molar-refractivity contribution in [2.75, 3.05) is 6.61 Å². The molecule has 1 aliphatic heterocycles. The van der Waals surface area contributed by atoms with Crippen molar-refractivity contribution < 1.29 is 13.7 Å². The second-order valence-corrected chi connectivity index (χ2v) is 14.3. The van der Waals surface area contributed by atoms with Crippen LogP contribution >= 0.6 is 0 Å². The number of carbonyl (C=O) groups excluding carboxylic acids is 1. The third-order valence-electron chi connectivity index (χ3n) is 3.63. The van der Waals surface area contributed by atoms with Gasteiger partial charge in [0, 0.05) is 36.7 Å². The normalized spacial score (nSPS) is 15.8. The van der Waals surface area contributed by atoms with Crippen LogP contribution in [-0.4, -0.2) is 29.9 Å². The van der Waals surface area contributed by atoms with Crippen LogP contribution in [0.4, 0.5) is 4.79 Å². The Hall–Kier alpha value is -1.66. The Morgan fingerprint density at radius 1 is 1.25 bits per heavy atom. The van der Waals surface area contributed by atoms with Crippen molar-refractivity contribution in [1.82, 2.24) is 4.90 Å². The van der Waals surface area contributed by atoms with E-state index in [-0.39, 0.29) is 0 Å². The van der Waals surface area contributed by atoms with E-state index in [0.29, 0.717) is 17.9 Å². The summed E-state index contributed by atoms with van der Waals surface area (Å²) >= 11 is 0. The maximum atomic E-state index is 12.7. The van der Waals surface area contributed by atoms with Gasteiger partial charge in [0.05, 0.1) is 17.4 Å². The third-order valence-corrected chi connectivity index (χ3v) is 6.78. The smallest absolute Gasteiger partial charge is 0.417 e. The van der Waals surface area contributed by atoms with Crippen LogP contribution < -0.4 is 0 Å². The van der Waals surface area contributed by atoms with Gasteiger partial charge in [-0.2, -0.15) is 0 Å². The van der Waals surface area contributed by atoms with Crippen molar-refractivity contribution >= 4 is 25.0 Å². The Bertz CT molecular complexity index is 674. The van der Waals surface area contributed by atoms with Gasteiger partial charge in [-0.3, -0.25) is 4.90 Å². The van der Waals surface area contributed by atoms with E-state index in [9.17, 15) is 9.00 Å². The van der Waals surface area contributed by atoms with Gasteiger partial charge < -0.3 is 4.74 Å². The fourth-order valence-electron chi connectivity index (χ4n) is 2.10. The molecule has 1 atom stereocenters. The van der Waals surface area contributed by atoms with Crippen LogP contribution in [0.5, 0.6) is 0 Å². The van der Waals surface area contributed by atoms with Crippen molar-refractivity contribution in [2.24, 2.45) is 0 Å². The molecule has 1 aliphatic rings. The van der Waals surface area contributed by atoms with Crippen LogP contribution in [0.1, 0.15) is 12.0 Å². The molecule has 0 spiro atoms. The predicted molar refractivity (Wildman–Crippen MR) is 101 cm³/mol. The first kappa shape index (κ1) is 18.7. The van der Waals surface area contributed by atoms with Crippen molar-refractivity contribution in [3.8, 4) is 0 Å². The van der Waals surface area contributed by atoms with Crippen molar-refractivity contribution in [3.05, 3.63) is 53.2 Å². The lowest BCUT2D eigenvalue weighted by molar-refractivity contribution is 0.132. The van der Waals surface area contributed by atoms with Gasteiger partial charge in [-0.15, -0.1) is 0 Å². The second-order valence-electron chi connectivity index (χ2n) is 7.10. The van der Waals surface area contributed by atoms with Crippen molar-refractivity contribution in [2.45, 2.75) is 43.9 Å². The zero-order valence-electron chi connectivity index (χ0n) is 14.7. The number of amides is 1. The number of ether oxygens (including phenoxy) is 1. The number of rotatable bonds is 5. The highest BCUT2D eigenvalue weighted by molar-refractivity contribution is 7.89. The first-order chi connectivity index (χ1) is 11.3. The van der Waals surface area contributed by atoms with Crippen LogP contribution in [0.3, 0.4) is 0 Å². The maximum Gasteiger partial charge on any atom is 0.417 e. The number of nitrogens with zero attached hydrogens (tertiary/aromatic N) is 1. The minimum Gasteiger partial charge on any atom is -0.449 e. The summed E-state index contributed by atoms with van der Waals surface area (Å²) in [6, 6.07) is 8.54. The van der Waals surface area contributed by atoms with E-state index in [2.05, 4.69) is 19.6 Å². The number of benzene rings is 1. The molecule has 0 fully saturated rings. The summed E-state index contributed by atoms with van der Waals surface area (Å²) in [5, 5.41) is 0. The van der Waals surface area contributed by atoms with Crippen molar-refractivity contribution in [1.29, 1.82) is 0 Å². The van der Waals surface area contributed by atoms with E-state index < -0.39 is 25.0 Å². The lowest BCUT2D eigenvalue weighted by Gasteiger charge is -2.21. The van der Waals surface area contributed by atoms with Crippen LogP contribution in [-0.2, 0) is 15.5 Å². The van der Waals surface area contributed by atoms with Gasteiger partial charge in [-0.25, -0.2) is 9.00 Å². The molecule has 0 saturated heterocycles. The van der Waals surface area contributed by atoms with Gasteiger partial charge >= 0.3 is 6.09 Å². The third kappa shape index (κ3) is 5.45. The first-order valence-corrected chi connectivity index (χ1v) is 12.9. The fourth-order valence-corrected chi connectivity index (χ4v) is 3.96. The molecule has 24 heavy (non-hydrogen) atoms. The quantitative estimate of drug-likeness (QED) is 0.716. The molecule has 1 heterocycles. The molecule has 6 heteroatoms. The highest BCUT2D eigenvalue weighted by Gasteiger charge is 2.19. The molecule has 1 aromatic carbocycles. The molecule has 1 unspecified atom stereocenters. The average molecular weight is 364 g/mol. The Kier molecular flexibility index (Phi) is 6.18. The standard InChI is InChI=1S/C18H25NO3SSi/c1-15-7-9-16(10-8-15)23(21)17-6-5-11-19(14-17)18(20)22-12-13-24(2,3)4/h5,7-11,14H,6,12-13H2,1-4H3. The largest absolute Gasteiger partial charge is 0.449 e. The summed E-state index contributed by atoms with van der Waals surface area (Å²) < 4.78 is 18.0. The Labute approximate surface area is 147 Å². The van der Waals surface area contributed by atoms with Gasteiger partial charge in [0.15, 0.2) is 0 Å². The molecule has 0 aromatic heterocycles. The Morgan fingerprint density at radius 2 is 1.92 bits per heavy atom. The number of hydrogen-bond acceptors (Lipinski definition) is 3. The SMILES string of the molecule is Cc1ccc(S(=O)C2=CN(C(=O)OCC[Si](C)(C)C)C=CC2)cc1. The number of carbonyl (C=O) groups is 1. The summed E-state index contributed by atoms with van der Waals surface area (Å²) in [5.74, 6) is 0. The second kappa shape index (κ2) is 7.94. The number of hydrogen-bond donors (Lipinski definition) is 0. The van der Waals surface area contributed by atoms with Gasteiger partial charge in [0.1, 0.15) is 0 Å². The van der Waals surface area contributed by atoms with Crippen LogP contribution in [0.25, 0.3) is 0 Å². The van der Waals surface area contributed by atoms with Crippen LogP contribution in [0.15, 0.2) is 52.5 Å². The minimum absolute atomic E-state index is 0.414. The number of allylic oxidation sites excluding steroid dienone is 2. The van der Waals surface area contributed by atoms with E-state index in [4.69, 9.17) is 4.74 Å². The first-order valence-electron chi connectivity index (χ1n) is 8.07. The summed E-state index contributed by atoms with van der Waals surface area (Å²) in [5.41, 5.74) is 1.13.